The summed E-state index contributed by atoms with van der Waals surface area (Å²) in [6, 6.07) is 11.3. The summed E-state index contributed by atoms with van der Waals surface area (Å²) in [5, 5.41) is 13.7. The molecule has 0 bridgehead atoms. The minimum absolute atomic E-state index is 0.106. The van der Waals surface area contributed by atoms with Gasteiger partial charge in [0, 0.05) is 5.56 Å². The van der Waals surface area contributed by atoms with Gasteiger partial charge in [-0.3, -0.25) is 4.79 Å². The number of hydrogen-bond acceptors (Lipinski definition) is 4. The van der Waals surface area contributed by atoms with E-state index in [9.17, 15) is 9.90 Å². The molecule has 0 heterocycles. The Morgan fingerprint density at radius 2 is 1.76 bits per heavy atom. The third-order valence-corrected chi connectivity index (χ3v) is 4.77. The molecule has 2 aromatic rings. The number of hydrazone groups is 1. The second kappa shape index (κ2) is 12.8. The van der Waals surface area contributed by atoms with Crippen molar-refractivity contribution >= 4 is 23.7 Å². The average Bonchev–Trinajstić information content (AvgIpc) is 2.71. The maximum Gasteiger partial charge on any atom is 0.271 e. The summed E-state index contributed by atoms with van der Waals surface area (Å²) in [5.41, 5.74) is 3.61. The molecule has 0 fully saturated rings. The highest BCUT2D eigenvalue weighted by Crippen LogP contribution is 2.25. The van der Waals surface area contributed by atoms with Gasteiger partial charge in [-0.15, -0.1) is 0 Å². The molecule has 0 saturated carbocycles. The number of amides is 1. The molecule has 29 heavy (non-hydrogen) atoms. The number of halogens is 1. The van der Waals surface area contributed by atoms with E-state index in [4.69, 9.17) is 16.3 Å². The van der Waals surface area contributed by atoms with Crippen molar-refractivity contribution in [2.24, 2.45) is 5.10 Å². The molecule has 0 unspecified atom stereocenters. The molecule has 0 atom stereocenters. The van der Waals surface area contributed by atoms with Crippen LogP contribution >= 0.6 is 11.6 Å². The van der Waals surface area contributed by atoms with Gasteiger partial charge >= 0.3 is 0 Å². The summed E-state index contributed by atoms with van der Waals surface area (Å²) in [6.07, 6.45) is 10.2. The fraction of sp³-hybridized carbons (Fsp3) is 0.391. The van der Waals surface area contributed by atoms with Crippen molar-refractivity contribution < 1.29 is 14.6 Å². The Bertz CT molecular complexity index is 791. The van der Waals surface area contributed by atoms with Gasteiger partial charge in [-0.25, -0.2) is 5.43 Å². The van der Waals surface area contributed by atoms with Gasteiger partial charge in [-0.05, 0) is 54.4 Å². The van der Waals surface area contributed by atoms with Crippen molar-refractivity contribution in [3.63, 3.8) is 0 Å². The normalized spacial score (nSPS) is 11.0. The van der Waals surface area contributed by atoms with Gasteiger partial charge in [0.15, 0.2) is 0 Å². The van der Waals surface area contributed by atoms with E-state index in [1.54, 1.807) is 6.07 Å². The van der Waals surface area contributed by atoms with Crippen LogP contribution in [0.4, 0.5) is 0 Å². The van der Waals surface area contributed by atoms with E-state index in [0.717, 1.165) is 12.0 Å². The van der Waals surface area contributed by atoms with Crippen LogP contribution in [0, 0.1) is 0 Å². The van der Waals surface area contributed by atoms with Gasteiger partial charge in [0.2, 0.25) is 0 Å². The molecule has 2 rings (SSSR count). The first-order chi connectivity index (χ1) is 14.1. The lowest BCUT2D eigenvalue weighted by molar-refractivity contribution is 0.0955. The van der Waals surface area contributed by atoms with Gasteiger partial charge in [0.05, 0.1) is 17.8 Å². The number of nitrogens with one attached hydrogen (secondary N) is 1. The third-order valence-electron chi connectivity index (χ3n) is 4.47. The number of carbonyl (C=O) groups excluding carboxylic acids is 1. The van der Waals surface area contributed by atoms with Crippen molar-refractivity contribution in [1.29, 1.82) is 0 Å². The van der Waals surface area contributed by atoms with Crippen LogP contribution in [0.25, 0.3) is 0 Å². The summed E-state index contributed by atoms with van der Waals surface area (Å²) in [5.74, 6) is 0.402. The van der Waals surface area contributed by atoms with Crippen molar-refractivity contribution in [2.45, 2.75) is 51.9 Å². The van der Waals surface area contributed by atoms with Crippen molar-refractivity contribution in [2.75, 3.05) is 6.61 Å². The topological polar surface area (TPSA) is 70.9 Å². The smallest absolute Gasteiger partial charge is 0.271 e. The van der Waals surface area contributed by atoms with E-state index in [2.05, 4.69) is 17.5 Å². The number of hydrogen-bond donors (Lipinski definition) is 2. The molecule has 5 nitrogen and oxygen atoms in total. The Labute approximate surface area is 177 Å². The molecule has 6 heteroatoms. The van der Waals surface area contributed by atoms with Crippen LogP contribution in [-0.4, -0.2) is 23.8 Å². The molecule has 0 aromatic heterocycles. The molecular formula is C23H29ClN2O3. The SMILES string of the molecule is CCCCCCCCCOc1ccc(/C=N\NC(=O)c2ccc(O)cc2)cc1Cl. The Balaban J connectivity index is 1.73. The van der Waals surface area contributed by atoms with E-state index in [1.165, 1.54) is 69.0 Å². The van der Waals surface area contributed by atoms with E-state index >= 15 is 0 Å². The standard InChI is InChI=1S/C23H29ClN2O3/c1-2-3-4-5-6-7-8-15-29-22-14-9-18(16-21(22)24)17-25-26-23(28)19-10-12-20(27)13-11-19/h9-14,16-17,27H,2-8,15H2,1H3,(H,26,28)/b25-17-. The summed E-state index contributed by atoms with van der Waals surface area (Å²) in [6.45, 7) is 2.88. The van der Waals surface area contributed by atoms with Crippen molar-refractivity contribution in [1.82, 2.24) is 5.43 Å². The average molecular weight is 417 g/mol. The molecule has 0 aliphatic heterocycles. The zero-order chi connectivity index (χ0) is 20.9. The number of carbonyl (C=O) groups is 1. The summed E-state index contributed by atoms with van der Waals surface area (Å²) >= 11 is 6.28. The fourth-order valence-electron chi connectivity index (χ4n) is 2.80. The van der Waals surface area contributed by atoms with E-state index in [1.807, 2.05) is 12.1 Å². The van der Waals surface area contributed by atoms with E-state index in [-0.39, 0.29) is 11.7 Å². The lowest BCUT2D eigenvalue weighted by Crippen LogP contribution is -2.17. The maximum absolute atomic E-state index is 12.0. The first-order valence-electron chi connectivity index (χ1n) is 10.1. The Morgan fingerprint density at radius 3 is 2.45 bits per heavy atom. The molecular weight excluding hydrogens is 388 g/mol. The molecule has 0 aliphatic carbocycles. The number of phenolic OH excluding ortho intramolecular Hbond substituents is 1. The van der Waals surface area contributed by atoms with Crippen molar-refractivity contribution in [3.8, 4) is 11.5 Å². The molecule has 0 spiro atoms. The molecule has 2 aromatic carbocycles. The molecule has 0 aliphatic rings. The van der Waals surface area contributed by atoms with Crippen molar-refractivity contribution in [3.05, 3.63) is 58.6 Å². The first kappa shape index (κ1) is 22.8. The quantitative estimate of drug-likeness (QED) is 0.255. The second-order valence-corrected chi connectivity index (χ2v) is 7.31. The minimum atomic E-state index is -0.359. The predicted octanol–water partition coefficient (Wildman–Crippen LogP) is 5.94. The lowest BCUT2D eigenvalue weighted by atomic mass is 10.1. The lowest BCUT2D eigenvalue weighted by Gasteiger charge is -2.08. The van der Waals surface area contributed by atoms with Crippen LogP contribution < -0.4 is 10.2 Å². The number of phenols is 1. The zero-order valence-electron chi connectivity index (χ0n) is 16.9. The Hall–Kier alpha value is -2.53. The van der Waals surface area contributed by atoms with Crippen LogP contribution in [-0.2, 0) is 0 Å². The summed E-state index contributed by atoms with van der Waals surface area (Å²) in [4.78, 5) is 12.0. The second-order valence-electron chi connectivity index (χ2n) is 6.91. The predicted molar refractivity (Wildman–Crippen MR) is 118 cm³/mol. The van der Waals surface area contributed by atoms with E-state index < -0.39 is 0 Å². The third kappa shape index (κ3) is 8.57. The Kier molecular flexibility index (Phi) is 10.1. The molecule has 156 valence electrons. The van der Waals surface area contributed by atoms with Crippen LogP contribution in [0.2, 0.25) is 5.02 Å². The van der Waals surface area contributed by atoms with Gasteiger partial charge in [0.25, 0.3) is 5.91 Å². The van der Waals surface area contributed by atoms with Crippen LogP contribution in [0.15, 0.2) is 47.6 Å². The molecule has 0 saturated heterocycles. The van der Waals surface area contributed by atoms with Gasteiger partial charge < -0.3 is 9.84 Å². The number of unbranched alkanes of at least 4 members (excludes halogenated alkanes) is 6. The largest absolute Gasteiger partial charge is 0.508 e. The summed E-state index contributed by atoms with van der Waals surface area (Å²) in [7, 11) is 0. The molecule has 2 N–H and O–H groups in total. The number of ether oxygens (including phenoxy) is 1. The monoisotopic (exact) mass is 416 g/mol. The number of aromatic hydroxyl groups is 1. The highest BCUT2D eigenvalue weighted by Gasteiger charge is 2.05. The van der Waals surface area contributed by atoms with E-state index in [0.29, 0.717) is 22.9 Å². The van der Waals surface area contributed by atoms with Crippen LogP contribution in [0.5, 0.6) is 11.5 Å². The summed E-state index contributed by atoms with van der Waals surface area (Å²) < 4.78 is 5.76. The first-order valence-corrected chi connectivity index (χ1v) is 10.5. The van der Waals surface area contributed by atoms with Gasteiger partial charge in [-0.2, -0.15) is 5.10 Å². The molecule has 1 amide bonds. The highest BCUT2D eigenvalue weighted by atomic mass is 35.5. The minimum Gasteiger partial charge on any atom is -0.508 e. The highest BCUT2D eigenvalue weighted by molar-refractivity contribution is 6.32. The zero-order valence-corrected chi connectivity index (χ0v) is 17.6. The fourth-order valence-corrected chi connectivity index (χ4v) is 3.04. The number of nitrogens with zero attached hydrogens (tertiary/aromatic N) is 1. The number of rotatable bonds is 12. The van der Waals surface area contributed by atoms with Gasteiger partial charge in [-0.1, -0.05) is 57.0 Å². The number of benzene rings is 2. The molecule has 0 radical (unpaired) electrons. The van der Waals surface area contributed by atoms with Crippen LogP contribution in [0.3, 0.4) is 0 Å². The van der Waals surface area contributed by atoms with Crippen LogP contribution in [0.1, 0.15) is 67.8 Å². The maximum atomic E-state index is 12.0. The van der Waals surface area contributed by atoms with Gasteiger partial charge in [0.1, 0.15) is 11.5 Å². The Morgan fingerprint density at radius 1 is 1.07 bits per heavy atom.